The van der Waals surface area contributed by atoms with Crippen molar-refractivity contribution in [1.29, 1.82) is 0 Å². The average molecular weight is 323 g/mol. The Labute approximate surface area is 135 Å². The second-order valence-corrected chi connectivity index (χ2v) is 5.33. The number of fused-ring (bicyclic) bond motifs is 2. The maximum atomic E-state index is 12.2. The predicted molar refractivity (Wildman–Crippen MR) is 86.8 cm³/mol. The van der Waals surface area contributed by atoms with Gasteiger partial charge in [-0.1, -0.05) is 6.07 Å². The van der Waals surface area contributed by atoms with Crippen LogP contribution in [0.4, 0.5) is 5.69 Å². The molecule has 0 spiro atoms. The third-order valence-corrected chi connectivity index (χ3v) is 3.56. The molecule has 1 N–H and O–H groups in total. The summed E-state index contributed by atoms with van der Waals surface area (Å²) in [4.78, 5) is 28.5. The Bertz CT molecular complexity index is 1120. The summed E-state index contributed by atoms with van der Waals surface area (Å²) in [6.45, 7) is 1.59. The molecule has 8 nitrogen and oxygen atoms in total. The lowest BCUT2D eigenvalue weighted by molar-refractivity contribution is -0.117. The fourth-order valence-corrected chi connectivity index (χ4v) is 2.53. The number of carbonyl (C=O) groups is 1. The largest absolute Gasteiger partial charge is 0.441 e. The minimum absolute atomic E-state index is 0.173. The number of hydrogen-bond donors (Lipinski definition) is 1. The molecule has 24 heavy (non-hydrogen) atoms. The van der Waals surface area contributed by atoms with Gasteiger partial charge in [-0.05, 0) is 24.3 Å². The molecule has 120 valence electrons. The second-order valence-electron chi connectivity index (χ2n) is 5.33. The zero-order valence-corrected chi connectivity index (χ0v) is 12.8. The number of nitrogens with zero attached hydrogens (tertiary/aromatic N) is 4. The molecule has 0 saturated heterocycles. The highest BCUT2D eigenvalue weighted by molar-refractivity contribution is 5.92. The van der Waals surface area contributed by atoms with Crippen LogP contribution in [-0.4, -0.2) is 25.1 Å². The van der Waals surface area contributed by atoms with Crippen LogP contribution in [0.2, 0.25) is 0 Å². The fraction of sp³-hybridized carbons (Fsp3) is 0.125. The number of carbonyl (C=O) groups excluding carboxylic acids is 1. The first kappa shape index (κ1) is 14.2. The van der Waals surface area contributed by atoms with Crippen molar-refractivity contribution >= 4 is 28.3 Å². The lowest BCUT2D eigenvalue weighted by atomic mass is 10.3. The van der Waals surface area contributed by atoms with E-state index in [-0.39, 0.29) is 18.1 Å². The summed E-state index contributed by atoms with van der Waals surface area (Å²) >= 11 is 0. The molecule has 0 fully saturated rings. The van der Waals surface area contributed by atoms with Gasteiger partial charge in [-0.2, -0.15) is 0 Å². The van der Waals surface area contributed by atoms with E-state index in [4.69, 9.17) is 4.42 Å². The molecule has 0 bridgehead atoms. The molecule has 3 heterocycles. The number of aromatic nitrogens is 4. The zero-order valence-electron chi connectivity index (χ0n) is 12.8. The van der Waals surface area contributed by atoms with E-state index in [1.165, 1.54) is 4.40 Å². The number of oxazole rings is 1. The lowest BCUT2D eigenvalue weighted by Gasteiger charge is -2.04. The Morgan fingerprint density at radius 3 is 3.00 bits per heavy atom. The van der Waals surface area contributed by atoms with E-state index in [0.29, 0.717) is 22.8 Å². The first-order chi connectivity index (χ1) is 11.6. The van der Waals surface area contributed by atoms with E-state index in [1.54, 1.807) is 49.5 Å². The molecule has 4 aromatic rings. The van der Waals surface area contributed by atoms with Crippen LogP contribution in [0.25, 0.3) is 16.7 Å². The average Bonchev–Trinajstić information content (AvgIpc) is 3.07. The Hall–Kier alpha value is -3.42. The molecular weight excluding hydrogens is 310 g/mol. The Morgan fingerprint density at radius 1 is 1.29 bits per heavy atom. The molecule has 0 saturated carbocycles. The Balaban J connectivity index is 1.56. The van der Waals surface area contributed by atoms with Gasteiger partial charge in [-0.3, -0.25) is 9.20 Å². The van der Waals surface area contributed by atoms with Gasteiger partial charge in [0.25, 0.3) is 0 Å². The molecule has 8 heteroatoms. The quantitative estimate of drug-likeness (QED) is 0.618. The Morgan fingerprint density at radius 2 is 2.17 bits per heavy atom. The third kappa shape index (κ3) is 2.43. The minimum Gasteiger partial charge on any atom is -0.441 e. The summed E-state index contributed by atoms with van der Waals surface area (Å²) in [6, 6.07) is 10.4. The van der Waals surface area contributed by atoms with Crippen molar-refractivity contribution < 1.29 is 9.21 Å². The first-order valence-corrected chi connectivity index (χ1v) is 7.31. The highest BCUT2D eigenvalue weighted by atomic mass is 16.3. The Kier molecular flexibility index (Phi) is 3.16. The van der Waals surface area contributed by atoms with Gasteiger partial charge in [0.2, 0.25) is 5.91 Å². The van der Waals surface area contributed by atoms with Crippen molar-refractivity contribution in [3.63, 3.8) is 0 Å². The molecule has 0 atom stereocenters. The topological polar surface area (TPSA) is 94.4 Å². The highest BCUT2D eigenvalue weighted by Gasteiger charge is 2.11. The van der Waals surface area contributed by atoms with Gasteiger partial charge in [0.15, 0.2) is 17.1 Å². The van der Waals surface area contributed by atoms with Crippen LogP contribution in [0.1, 0.15) is 5.89 Å². The number of pyridine rings is 1. The molecule has 0 aliphatic carbocycles. The number of anilines is 1. The van der Waals surface area contributed by atoms with Crippen LogP contribution >= 0.6 is 0 Å². The molecule has 3 aromatic heterocycles. The lowest BCUT2D eigenvalue weighted by Crippen LogP contribution is -2.28. The molecule has 1 aromatic carbocycles. The van der Waals surface area contributed by atoms with E-state index >= 15 is 0 Å². The van der Waals surface area contributed by atoms with Crippen LogP contribution in [0.15, 0.2) is 51.8 Å². The van der Waals surface area contributed by atoms with Gasteiger partial charge in [0.1, 0.15) is 12.1 Å². The maximum Gasteiger partial charge on any atom is 0.350 e. The minimum atomic E-state index is -0.359. The van der Waals surface area contributed by atoms with Crippen LogP contribution < -0.4 is 11.0 Å². The smallest absolute Gasteiger partial charge is 0.350 e. The summed E-state index contributed by atoms with van der Waals surface area (Å²) in [5, 5.41) is 6.85. The highest BCUT2D eigenvalue weighted by Crippen LogP contribution is 2.19. The molecule has 0 aliphatic heterocycles. The fourth-order valence-electron chi connectivity index (χ4n) is 2.53. The van der Waals surface area contributed by atoms with E-state index in [0.717, 1.165) is 10.2 Å². The van der Waals surface area contributed by atoms with E-state index in [9.17, 15) is 9.59 Å². The summed E-state index contributed by atoms with van der Waals surface area (Å²) in [6.07, 6.45) is 1.61. The summed E-state index contributed by atoms with van der Waals surface area (Å²) in [5.41, 5.74) is 2.02. The standard InChI is InChI=1S/C16H13N5O3/c1-10-17-12-6-5-11(8-13(12)24-10)18-15(22)9-21-16(23)20-7-3-2-4-14(20)19-21/h2-8H,9H2,1H3,(H,18,22). The summed E-state index contributed by atoms with van der Waals surface area (Å²) < 4.78 is 7.95. The maximum absolute atomic E-state index is 12.2. The van der Waals surface area contributed by atoms with E-state index < -0.39 is 0 Å². The van der Waals surface area contributed by atoms with Crippen molar-refractivity contribution in [3.05, 3.63) is 59.0 Å². The molecular formula is C16H13N5O3. The van der Waals surface area contributed by atoms with Crippen LogP contribution in [0.3, 0.4) is 0 Å². The van der Waals surface area contributed by atoms with E-state index in [1.807, 2.05) is 0 Å². The van der Waals surface area contributed by atoms with Crippen molar-refractivity contribution in [2.75, 3.05) is 5.32 Å². The summed E-state index contributed by atoms with van der Waals surface area (Å²) in [7, 11) is 0. The van der Waals surface area contributed by atoms with Gasteiger partial charge in [-0.25, -0.2) is 14.5 Å². The SMILES string of the molecule is Cc1nc2ccc(NC(=O)Cn3nc4ccccn4c3=O)cc2o1. The number of hydrogen-bond acceptors (Lipinski definition) is 5. The molecule has 0 unspecified atom stereocenters. The van der Waals surface area contributed by atoms with Gasteiger partial charge in [-0.15, -0.1) is 5.10 Å². The van der Waals surface area contributed by atoms with Crippen LogP contribution in [-0.2, 0) is 11.3 Å². The number of amides is 1. The van der Waals surface area contributed by atoms with Gasteiger partial charge in [0, 0.05) is 24.9 Å². The van der Waals surface area contributed by atoms with E-state index in [2.05, 4.69) is 15.4 Å². The third-order valence-electron chi connectivity index (χ3n) is 3.56. The van der Waals surface area contributed by atoms with Gasteiger partial charge < -0.3 is 9.73 Å². The molecule has 0 radical (unpaired) electrons. The van der Waals surface area contributed by atoms with Crippen molar-refractivity contribution in [2.45, 2.75) is 13.5 Å². The number of aryl methyl sites for hydroxylation is 1. The normalized spacial score (nSPS) is 11.2. The first-order valence-electron chi connectivity index (χ1n) is 7.31. The molecule has 1 amide bonds. The van der Waals surface area contributed by atoms with Gasteiger partial charge in [0.05, 0.1) is 0 Å². The zero-order chi connectivity index (χ0) is 16.7. The molecule has 4 rings (SSSR count). The number of rotatable bonds is 3. The second kappa shape index (κ2) is 5.34. The molecule has 0 aliphatic rings. The van der Waals surface area contributed by atoms with Crippen molar-refractivity contribution in [2.24, 2.45) is 0 Å². The number of benzene rings is 1. The predicted octanol–water partition coefficient (Wildman–Crippen LogP) is 1.58. The van der Waals surface area contributed by atoms with Crippen LogP contribution in [0.5, 0.6) is 0 Å². The van der Waals surface area contributed by atoms with Crippen LogP contribution in [0, 0.1) is 6.92 Å². The number of nitrogens with one attached hydrogen (secondary N) is 1. The monoisotopic (exact) mass is 323 g/mol. The van der Waals surface area contributed by atoms with Gasteiger partial charge >= 0.3 is 5.69 Å². The van der Waals surface area contributed by atoms with Crippen molar-refractivity contribution in [3.8, 4) is 0 Å². The van der Waals surface area contributed by atoms with Crippen molar-refractivity contribution in [1.82, 2.24) is 19.2 Å². The summed E-state index contributed by atoms with van der Waals surface area (Å²) in [5.74, 6) is 0.209.